The van der Waals surface area contributed by atoms with Crippen molar-refractivity contribution in [2.75, 3.05) is 0 Å². The van der Waals surface area contributed by atoms with Crippen molar-refractivity contribution in [3.8, 4) is 5.69 Å². The molecule has 0 saturated carbocycles. The van der Waals surface area contributed by atoms with Gasteiger partial charge >= 0.3 is 0 Å². The largest absolute Gasteiger partial charge is 0.318 e. The van der Waals surface area contributed by atoms with Gasteiger partial charge in [0.2, 0.25) is 0 Å². The summed E-state index contributed by atoms with van der Waals surface area (Å²) < 4.78 is 2.22. The Morgan fingerprint density at radius 1 is 1.00 bits per heavy atom. The first-order valence-corrected chi connectivity index (χ1v) is 6.33. The summed E-state index contributed by atoms with van der Waals surface area (Å²) in [5, 5.41) is 0.852. The van der Waals surface area contributed by atoms with E-state index in [2.05, 4.69) is 62.6 Å². The summed E-state index contributed by atoms with van der Waals surface area (Å²) in [6.07, 6.45) is 0. The molecule has 1 aromatic carbocycles. The number of nitrogens with zero attached hydrogens (tertiary/aromatic N) is 1. The lowest BCUT2D eigenvalue weighted by atomic mass is 10.0. The van der Waals surface area contributed by atoms with Crippen molar-refractivity contribution in [3.63, 3.8) is 0 Å². The molecule has 1 heterocycles. The Kier molecular flexibility index (Phi) is 3.30. The summed E-state index contributed by atoms with van der Waals surface area (Å²) in [5.74, 6) is 0.461. The Labute approximate surface area is 108 Å². The maximum Gasteiger partial charge on any atom is 0.0469 e. The van der Waals surface area contributed by atoms with Gasteiger partial charge in [-0.15, -0.1) is 0 Å². The molecule has 0 aliphatic carbocycles. The van der Waals surface area contributed by atoms with Crippen LogP contribution in [0, 0.1) is 13.8 Å². The molecule has 1 aromatic heterocycles. The number of benzene rings is 1. The van der Waals surface area contributed by atoms with Crippen LogP contribution in [0.25, 0.3) is 5.69 Å². The fourth-order valence-corrected chi connectivity index (χ4v) is 2.59. The van der Waals surface area contributed by atoms with Crippen molar-refractivity contribution >= 4 is 11.6 Å². The Hall–Kier alpha value is -1.21. The topological polar surface area (TPSA) is 4.93 Å². The van der Waals surface area contributed by atoms with Crippen molar-refractivity contribution in [1.29, 1.82) is 0 Å². The Morgan fingerprint density at radius 2 is 1.59 bits per heavy atom. The fourth-order valence-electron chi connectivity index (χ4n) is 2.20. The van der Waals surface area contributed by atoms with Crippen LogP contribution in [0.5, 0.6) is 0 Å². The van der Waals surface area contributed by atoms with Crippen LogP contribution in [0.3, 0.4) is 0 Å². The summed E-state index contributed by atoms with van der Waals surface area (Å²) in [6.45, 7) is 8.54. The zero-order chi connectivity index (χ0) is 12.6. The first kappa shape index (κ1) is 12.3. The van der Waals surface area contributed by atoms with Gasteiger partial charge in [0.05, 0.1) is 0 Å². The fraction of sp³-hybridized carbons (Fsp3) is 0.333. The first-order valence-electron chi connectivity index (χ1n) is 5.95. The molecule has 17 heavy (non-hydrogen) atoms. The molecule has 0 aliphatic heterocycles. The summed E-state index contributed by atoms with van der Waals surface area (Å²) in [4.78, 5) is 0. The van der Waals surface area contributed by atoms with Crippen molar-refractivity contribution < 1.29 is 0 Å². The van der Waals surface area contributed by atoms with Crippen LogP contribution >= 0.6 is 11.6 Å². The molecule has 0 spiro atoms. The quantitative estimate of drug-likeness (QED) is 0.714. The predicted octanol–water partition coefficient (Wildman–Crippen LogP) is 4.87. The van der Waals surface area contributed by atoms with Gasteiger partial charge in [-0.25, -0.2) is 0 Å². The maximum atomic E-state index is 6.33. The molecule has 90 valence electrons. The third kappa shape index (κ3) is 2.25. The number of aromatic nitrogens is 1. The second-order valence-corrected chi connectivity index (χ2v) is 5.22. The molecule has 0 atom stereocenters. The molecule has 1 nitrogen and oxygen atoms in total. The molecule has 0 unspecified atom stereocenters. The van der Waals surface area contributed by atoms with Gasteiger partial charge in [-0.1, -0.05) is 31.5 Å². The summed E-state index contributed by atoms with van der Waals surface area (Å²) in [6, 6.07) is 10.6. The van der Waals surface area contributed by atoms with E-state index < -0.39 is 0 Å². The van der Waals surface area contributed by atoms with Gasteiger partial charge in [0.1, 0.15) is 0 Å². The number of hydrogen-bond acceptors (Lipinski definition) is 0. The number of halogens is 1. The molecular formula is C15H18ClN. The maximum absolute atomic E-state index is 6.33. The van der Waals surface area contributed by atoms with Crippen LogP contribution in [0.4, 0.5) is 0 Å². The summed E-state index contributed by atoms with van der Waals surface area (Å²) >= 11 is 6.33. The van der Waals surface area contributed by atoms with Crippen LogP contribution in [-0.2, 0) is 0 Å². The van der Waals surface area contributed by atoms with Crippen LogP contribution in [-0.4, -0.2) is 4.57 Å². The smallest absolute Gasteiger partial charge is 0.0469 e. The molecule has 0 saturated heterocycles. The minimum atomic E-state index is 0.461. The van der Waals surface area contributed by atoms with E-state index in [1.807, 2.05) is 0 Å². The van der Waals surface area contributed by atoms with Gasteiger partial charge in [0, 0.05) is 22.1 Å². The van der Waals surface area contributed by atoms with Crippen LogP contribution in [0.15, 0.2) is 30.3 Å². The van der Waals surface area contributed by atoms with E-state index in [-0.39, 0.29) is 0 Å². The minimum Gasteiger partial charge on any atom is -0.318 e. The first-order chi connectivity index (χ1) is 8.00. The van der Waals surface area contributed by atoms with Gasteiger partial charge < -0.3 is 4.57 Å². The molecule has 0 bridgehead atoms. The standard InChI is InChI=1S/C15H18ClN/c1-10(2)14-8-7-13(9-15(14)16)17-11(3)5-6-12(17)4/h5-10H,1-4H3. The van der Waals surface area contributed by atoms with E-state index >= 15 is 0 Å². The van der Waals surface area contributed by atoms with Crippen molar-refractivity contribution in [2.24, 2.45) is 0 Å². The van der Waals surface area contributed by atoms with Crippen molar-refractivity contribution in [2.45, 2.75) is 33.6 Å². The second kappa shape index (κ2) is 4.58. The SMILES string of the molecule is Cc1ccc(C)n1-c1ccc(C(C)C)c(Cl)c1. The van der Waals surface area contributed by atoms with Crippen LogP contribution in [0.2, 0.25) is 5.02 Å². The molecule has 2 aromatic rings. The molecule has 2 rings (SSSR count). The highest BCUT2D eigenvalue weighted by Gasteiger charge is 2.08. The van der Waals surface area contributed by atoms with Gasteiger partial charge in [0.15, 0.2) is 0 Å². The van der Waals surface area contributed by atoms with Gasteiger partial charge in [0.25, 0.3) is 0 Å². The highest BCUT2D eigenvalue weighted by Crippen LogP contribution is 2.27. The molecule has 0 radical (unpaired) electrons. The van der Waals surface area contributed by atoms with Crippen LogP contribution in [0.1, 0.15) is 36.7 Å². The van der Waals surface area contributed by atoms with Gasteiger partial charge in [-0.2, -0.15) is 0 Å². The third-order valence-electron chi connectivity index (χ3n) is 3.14. The molecule has 0 aliphatic rings. The highest BCUT2D eigenvalue weighted by molar-refractivity contribution is 6.31. The normalized spacial score (nSPS) is 11.2. The van der Waals surface area contributed by atoms with E-state index in [1.165, 1.54) is 17.0 Å². The van der Waals surface area contributed by atoms with E-state index in [4.69, 9.17) is 11.6 Å². The lowest BCUT2D eigenvalue weighted by Crippen LogP contribution is -1.99. The lowest BCUT2D eigenvalue weighted by Gasteiger charge is -2.13. The van der Waals surface area contributed by atoms with Crippen LogP contribution < -0.4 is 0 Å². The molecule has 0 amide bonds. The van der Waals surface area contributed by atoms with Gasteiger partial charge in [-0.05, 0) is 49.6 Å². The summed E-state index contributed by atoms with van der Waals surface area (Å²) in [7, 11) is 0. The van der Waals surface area contributed by atoms with E-state index in [0.29, 0.717) is 5.92 Å². The van der Waals surface area contributed by atoms with E-state index in [0.717, 1.165) is 10.7 Å². The molecule has 0 N–H and O–H groups in total. The monoisotopic (exact) mass is 247 g/mol. The summed E-state index contributed by atoms with van der Waals surface area (Å²) in [5.41, 5.74) is 4.81. The lowest BCUT2D eigenvalue weighted by molar-refractivity contribution is 0.864. The minimum absolute atomic E-state index is 0.461. The number of aryl methyl sites for hydroxylation is 2. The van der Waals surface area contributed by atoms with Gasteiger partial charge in [-0.3, -0.25) is 0 Å². The average molecular weight is 248 g/mol. The third-order valence-corrected chi connectivity index (χ3v) is 3.46. The molecular weight excluding hydrogens is 230 g/mol. The van der Waals surface area contributed by atoms with E-state index in [1.54, 1.807) is 0 Å². The predicted molar refractivity (Wildman–Crippen MR) is 74.3 cm³/mol. The molecule has 0 fully saturated rings. The Bertz CT molecular complexity index is 518. The highest BCUT2D eigenvalue weighted by atomic mass is 35.5. The van der Waals surface area contributed by atoms with E-state index in [9.17, 15) is 0 Å². The number of hydrogen-bond donors (Lipinski definition) is 0. The number of rotatable bonds is 2. The Balaban J connectivity index is 2.52. The zero-order valence-electron chi connectivity index (χ0n) is 10.8. The zero-order valence-corrected chi connectivity index (χ0v) is 11.5. The van der Waals surface area contributed by atoms with Crippen molar-refractivity contribution in [1.82, 2.24) is 4.57 Å². The Morgan fingerprint density at radius 3 is 2.06 bits per heavy atom. The molecule has 2 heteroatoms. The second-order valence-electron chi connectivity index (χ2n) is 4.81. The average Bonchev–Trinajstić information content (AvgIpc) is 2.58. The van der Waals surface area contributed by atoms with Crippen molar-refractivity contribution in [3.05, 3.63) is 52.3 Å².